The zero-order valence-corrected chi connectivity index (χ0v) is 9.25. The molecule has 0 aliphatic carbocycles. The molecule has 0 amide bonds. The first-order valence-corrected chi connectivity index (χ1v) is 5.26. The van der Waals surface area contributed by atoms with Gasteiger partial charge in [-0.2, -0.15) is 0 Å². The fourth-order valence-corrected chi connectivity index (χ4v) is 1.48. The van der Waals surface area contributed by atoms with E-state index < -0.39 is 0 Å². The summed E-state index contributed by atoms with van der Waals surface area (Å²) >= 11 is 0. The molecular formula is C11H19N3. The minimum absolute atomic E-state index is 0.911. The molecule has 3 nitrogen and oxygen atoms in total. The minimum atomic E-state index is 0.911. The third kappa shape index (κ3) is 2.62. The molecule has 14 heavy (non-hydrogen) atoms. The van der Waals surface area contributed by atoms with Gasteiger partial charge in [-0.1, -0.05) is 0 Å². The highest BCUT2D eigenvalue weighted by Crippen LogP contribution is 2.16. The van der Waals surface area contributed by atoms with Crippen LogP contribution in [0.1, 0.15) is 20.8 Å². The van der Waals surface area contributed by atoms with Gasteiger partial charge in [0.25, 0.3) is 0 Å². The lowest BCUT2D eigenvalue weighted by molar-refractivity contribution is 0.865. The molecule has 1 rings (SSSR count). The van der Waals surface area contributed by atoms with Crippen molar-refractivity contribution >= 4 is 11.5 Å². The van der Waals surface area contributed by atoms with E-state index in [1.165, 1.54) is 5.69 Å². The van der Waals surface area contributed by atoms with Crippen molar-refractivity contribution in [1.29, 1.82) is 0 Å². The second-order valence-corrected chi connectivity index (χ2v) is 3.10. The van der Waals surface area contributed by atoms with Crippen LogP contribution in [0.25, 0.3) is 0 Å². The summed E-state index contributed by atoms with van der Waals surface area (Å²) in [5.74, 6) is 0.955. The highest BCUT2D eigenvalue weighted by Gasteiger charge is 2.02. The third-order valence-electron chi connectivity index (χ3n) is 2.23. The first-order chi connectivity index (χ1) is 6.81. The Morgan fingerprint density at radius 1 is 1.29 bits per heavy atom. The second kappa shape index (κ2) is 5.47. The lowest BCUT2D eigenvalue weighted by atomic mass is 10.3. The Hall–Kier alpha value is -1.25. The van der Waals surface area contributed by atoms with Gasteiger partial charge in [0.1, 0.15) is 5.82 Å². The Bertz CT molecular complexity index is 269. The van der Waals surface area contributed by atoms with E-state index in [0.29, 0.717) is 0 Å². The van der Waals surface area contributed by atoms with Crippen LogP contribution >= 0.6 is 0 Å². The monoisotopic (exact) mass is 193 g/mol. The van der Waals surface area contributed by atoms with Gasteiger partial charge in [0.2, 0.25) is 0 Å². The number of hydrogen-bond donors (Lipinski definition) is 1. The van der Waals surface area contributed by atoms with Gasteiger partial charge in [-0.25, -0.2) is 4.98 Å². The predicted octanol–water partition coefficient (Wildman–Crippen LogP) is 2.36. The van der Waals surface area contributed by atoms with Gasteiger partial charge in [0.05, 0.1) is 0 Å². The molecule has 0 saturated carbocycles. The van der Waals surface area contributed by atoms with E-state index in [0.717, 1.165) is 25.5 Å². The van der Waals surface area contributed by atoms with E-state index in [1.807, 2.05) is 12.3 Å². The lowest BCUT2D eigenvalue weighted by Crippen LogP contribution is -2.21. The Labute approximate surface area is 86.2 Å². The van der Waals surface area contributed by atoms with Crippen LogP contribution in [-0.4, -0.2) is 24.6 Å². The number of nitrogens with one attached hydrogen (secondary N) is 1. The molecule has 0 aromatic carbocycles. The van der Waals surface area contributed by atoms with Gasteiger partial charge < -0.3 is 10.2 Å². The van der Waals surface area contributed by atoms with Gasteiger partial charge in [-0.05, 0) is 26.8 Å². The highest BCUT2D eigenvalue weighted by atomic mass is 15.1. The SMILES string of the molecule is CCNc1cc(N(CC)CC)ccn1. The van der Waals surface area contributed by atoms with Crippen LogP contribution in [0, 0.1) is 0 Å². The number of pyridine rings is 1. The van der Waals surface area contributed by atoms with Crippen LogP contribution in [0.15, 0.2) is 18.3 Å². The molecule has 0 aliphatic rings. The van der Waals surface area contributed by atoms with Crippen LogP contribution in [0.2, 0.25) is 0 Å². The largest absolute Gasteiger partial charge is 0.372 e. The van der Waals surface area contributed by atoms with Gasteiger partial charge in [0.15, 0.2) is 0 Å². The van der Waals surface area contributed by atoms with Crippen molar-refractivity contribution in [3.63, 3.8) is 0 Å². The smallest absolute Gasteiger partial charge is 0.127 e. The number of hydrogen-bond acceptors (Lipinski definition) is 3. The summed E-state index contributed by atoms with van der Waals surface area (Å²) in [5, 5.41) is 3.21. The topological polar surface area (TPSA) is 28.2 Å². The fraction of sp³-hybridized carbons (Fsp3) is 0.545. The van der Waals surface area contributed by atoms with Crippen LogP contribution in [-0.2, 0) is 0 Å². The summed E-state index contributed by atoms with van der Waals surface area (Å²) in [6, 6.07) is 4.14. The molecule has 1 aromatic rings. The van der Waals surface area contributed by atoms with E-state index in [-0.39, 0.29) is 0 Å². The summed E-state index contributed by atoms with van der Waals surface area (Å²) in [5.41, 5.74) is 1.24. The molecule has 0 radical (unpaired) electrons. The molecule has 0 unspecified atom stereocenters. The van der Waals surface area contributed by atoms with Crippen molar-refractivity contribution in [2.75, 3.05) is 29.9 Å². The van der Waals surface area contributed by atoms with Gasteiger partial charge >= 0.3 is 0 Å². The molecule has 1 aromatic heterocycles. The third-order valence-corrected chi connectivity index (χ3v) is 2.23. The summed E-state index contributed by atoms with van der Waals surface area (Å²) in [6.45, 7) is 9.38. The first kappa shape index (κ1) is 10.8. The van der Waals surface area contributed by atoms with Crippen molar-refractivity contribution in [3.8, 4) is 0 Å². The number of rotatable bonds is 5. The van der Waals surface area contributed by atoms with Crippen LogP contribution < -0.4 is 10.2 Å². The lowest BCUT2D eigenvalue weighted by Gasteiger charge is -2.21. The van der Waals surface area contributed by atoms with Crippen molar-refractivity contribution in [2.24, 2.45) is 0 Å². The molecular weight excluding hydrogens is 174 g/mol. The maximum Gasteiger partial charge on any atom is 0.127 e. The fourth-order valence-electron chi connectivity index (χ4n) is 1.48. The molecule has 78 valence electrons. The molecule has 0 aliphatic heterocycles. The zero-order chi connectivity index (χ0) is 10.4. The normalized spacial score (nSPS) is 9.93. The summed E-state index contributed by atoms with van der Waals surface area (Å²) in [4.78, 5) is 6.55. The Morgan fingerprint density at radius 3 is 2.57 bits per heavy atom. The average Bonchev–Trinajstić information content (AvgIpc) is 2.21. The zero-order valence-electron chi connectivity index (χ0n) is 9.25. The molecule has 1 N–H and O–H groups in total. The van der Waals surface area contributed by atoms with E-state index >= 15 is 0 Å². The Morgan fingerprint density at radius 2 is 2.00 bits per heavy atom. The van der Waals surface area contributed by atoms with E-state index in [1.54, 1.807) is 0 Å². The molecule has 3 heteroatoms. The van der Waals surface area contributed by atoms with Gasteiger partial charge in [0, 0.05) is 37.6 Å². The van der Waals surface area contributed by atoms with Crippen molar-refractivity contribution in [1.82, 2.24) is 4.98 Å². The van der Waals surface area contributed by atoms with Crippen LogP contribution in [0.3, 0.4) is 0 Å². The summed E-state index contributed by atoms with van der Waals surface area (Å²) in [7, 11) is 0. The number of anilines is 2. The first-order valence-electron chi connectivity index (χ1n) is 5.26. The van der Waals surface area contributed by atoms with Gasteiger partial charge in [-0.3, -0.25) is 0 Å². The Kier molecular flexibility index (Phi) is 4.23. The van der Waals surface area contributed by atoms with Crippen molar-refractivity contribution < 1.29 is 0 Å². The van der Waals surface area contributed by atoms with Crippen LogP contribution in [0.5, 0.6) is 0 Å². The van der Waals surface area contributed by atoms with Crippen LogP contribution in [0.4, 0.5) is 11.5 Å². The molecule has 0 fully saturated rings. The molecule has 0 atom stereocenters. The van der Waals surface area contributed by atoms with Gasteiger partial charge in [-0.15, -0.1) is 0 Å². The maximum absolute atomic E-state index is 4.24. The van der Waals surface area contributed by atoms with E-state index in [2.05, 4.69) is 42.0 Å². The Balaban J connectivity index is 2.81. The van der Waals surface area contributed by atoms with Crippen molar-refractivity contribution in [2.45, 2.75) is 20.8 Å². The molecule has 1 heterocycles. The second-order valence-electron chi connectivity index (χ2n) is 3.10. The molecule has 0 spiro atoms. The predicted molar refractivity (Wildman–Crippen MR) is 62.0 cm³/mol. The van der Waals surface area contributed by atoms with Crippen molar-refractivity contribution in [3.05, 3.63) is 18.3 Å². The average molecular weight is 193 g/mol. The maximum atomic E-state index is 4.24. The highest BCUT2D eigenvalue weighted by molar-refractivity contribution is 5.53. The minimum Gasteiger partial charge on any atom is -0.372 e. The summed E-state index contributed by atoms with van der Waals surface area (Å²) in [6.07, 6.45) is 1.85. The molecule has 0 bridgehead atoms. The quantitative estimate of drug-likeness (QED) is 0.778. The molecule has 0 saturated heterocycles. The summed E-state index contributed by atoms with van der Waals surface area (Å²) < 4.78 is 0. The number of aromatic nitrogens is 1. The standard InChI is InChI=1S/C11H19N3/c1-4-12-11-9-10(7-8-13-11)14(5-2)6-3/h7-9H,4-6H2,1-3H3,(H,12,13). The number of nitrogens with zero attached hydrogens (tertiary/aromatic N) is 2. The van der Waals surface area contributed by atoms with E-state index in [4.69, 9.17) is 0 Å². The van der Waals surface area contributed by atoms with E-state index in [9.17, 15) is 0 Å².